The molecule has 1 unspecified atom stereocenters. The zero-order valence-corrected chi connectivity index (χ0v) is 10.7. The van der Waals surface area contributed by atoms with Crippen molar-refractivity contribution in [2.75, 3.05) is 19.6 Å². The van der Waals surface area contributed by atoms with Gasteiger partial charge in [0.1, 0.15) is 0 Å². The number of nitrogens with one attached hydrogen (secondary N) is 1. The molecule has 1 saturated heterocycles. The summed E-state index contributed by atoms with van der Waals surface area (Å²) >= 11 is 6.24. The van der Waals surface area contributed by atoms with Crippen LogP contribution < -0.4 is 5.32 Å². The minimum atomic E-state index is 0.580. The second-order valence-electron chi connectivity index (χ2n) is 4.63. The second-order valence-corrected chi connectivity index (χ2v) is 5.03. The van der Waals surface area contributed by atoms with E-state index in [4.69, 9.17) is 11.6 Å². The van der Waals surface area contributed by atoms with Gasteiger partial charge in [0.05, 0.1) is 0 Å². The molecular formula is C13H19ClN2. The Labute approximate surface area is 103 Å². The van der Waals surface area contributed by atoms with E-state index in [2.05, 4.69) is 30.1 Å². The molecule has 1 heterocycles. The van der Waals surface area contributed by atoms with E-state index in [9.17, 15) is 0 Å². The smallest absolute Gasteiger partial charge is 0.0453 e. The number of hydrogen-bond donors (Lipinski definition) is 1. The first-order valence-corrected chi connectivity index (χ1v) is 6.24. The Hall–Kier alpha value is -0.570. The van der Waals surface area contributed by atoms with Crippen molar-refractivity contribution in [3.05, 3.63) is 34.3 Å². The highest BCUT2D eigenvalue weighted by Gasteiger charge is 2.17. The number of nitrogens with zero attached hydrogens (tertiary/aromatic N) is 1. The Kier molecular flexibility index (Phi) is 3.85. The normalized spacial score (nSPS) is 22.3. The van der Waals surface area contributed by atoms with Crippen molar-refractivity contribution in [2.24, 2.45) is 0 Å². The van der Waals surface area contributed by atoms with Gasteiger partial charge in [-0.2, -0.15) is 0 Å². The molecule has 2 nitrogen and oxygen atoms in total. The first kappa shape index (κ1) is 11.9. The van der Waals surface area contributed by atoms with Gasteiger partial charge in [-0.3, -0.25) is 4.90 Å². The van der Waals surface area contributed by atoms with E-state index >= 15 is 0 Å². The van der Waals surface area contributed by atoms with E-state index in [0.717, 1.165) is 31.2 Å². The molecule has 1 fully saturated rings. The van der Waals surface area contributed by atoms with Gasteiger partial charge in [-0.05, 0) is 31.0 Å². The Morgan fingerprint density at radius 3 is 3.00 bits per heavy atom. The average Bonchev–Trinajstić information content (AvgIpc) is 2.24. The number of rotatable bonds is 2. The maximum Gasteiger partial charge on any atom is 0.0453 e. The van der Waals surface area contributed by atoms with Gasteiger partial charge in [-0.25, -0.2) is 0 Å². The van der Waals surface area contributed by atoms with Gasteiger partial charge < -0.3 is 5.32 Å². The van der Waals surface area contributed by atoms with Crippen molar-refractivity contribution < 1.29 is 0 Å². The average molecular weight is 239 g/mol. The van der Waals surface area contributed by atoms with Crippen LogP contribution in [0.3, 0.4) is 0 Å². The molecule has 3 heteroatoms. The Morgan fingerprint density at radius 2 is 2.31 bits per heavy atom. The van der Waals surface area contributed by atoms with Gasteiger partial charge in [0.25, 0.3) is 0 Å². The van der Waals surface area contributed by atoms with E-state index in [0.29, 0.717) is 6.04 Å². The molecule has 1 N–H and O–H groups in total. The number of halogens is 1. The summed E-state index contributed by atoms with van der Waals surface area (Å²) in [6.07, 6.45) is 0. The van der Waals surface area contributed by atoms with Crippen molar-refractivity contribution in [2.45, 2.75) is 26.4 Å². The minimum absolute atomic E-state index is 0.580. The number of hydrogen-bond acceptors (Lipinski definition) is 2. The topological polar surface area (TPSA) is 15.3 Å². The van der Waals surface area contributed by atoms with Crippen LogP contribution in [0.1, 0.15) is 18.1 Å². The fourth-order valence-electron chi connectivity index (χ4n) is 2.25. The summed E-state index contributed by atoms with van der Waals surface area (Å²) in [5.41, 5.74) is 2.57. The van der Waals surface area contributed by atoms with Gasteiger partial charge in [-0.1, -0.05) is 23.7 Å². The van der Waals surface area contributed by atoms with E-state index in [1.54, 1.807) is 0 Å². The molecule has 88 valence electrons. The number of benzene rings is 1. The summed E-state index contributed by atoms with van der Waals surface area (Å²) in [6.45, 7) is 8.61. The molecule has 1 aromatic carbocycles. The van der Waals surface area contributed by atoms with Crippen LogP contribution >= 0.6 is 11.6 Å². The summed E-state index contributed by atoms with van der Waals surface area (Å²) in [5, 5.41) is 4.35. The van der Waals surface area contributed by atoms with E-state index in [-0.39, 0.29) is 0 Å². The molecule has 1 aliphatic rings. The van der Waals surface area contributed by atoms with Crippen molar-refractivity contribution in [3.8, 4) is 0 Å². The molecule has 0 radical (unpaired) electrons. The molecule has 0 saturated carbocycles. The SMILES string of the molecule is Cc1cccc(Cl)c1CN1CCNC(C)C1. The zero-order chi connectivity index (χ0) is 11.5. The lowest BCUT2D eigenvalue weighted by molar-refractivity contribution is 0.199. The quantitative estimate of drug-likeness (QED) is 0.852. The number of piperazine rings is 1. The van der Waals surface area contributed by atoms with Crippen LogP contribution in [0.5, 0.6) is 0 Å². The highest BCUT2D eigenvalue weighted by Crippen LogP contribution is 2.21. The lowest BCUT2D eigenvalue weighted by Crippen LogP contribution is -2.48. The van der Waals surface area contributed by atoms with E-state index in [1.165, 1.54) is 11.1 Å². The predicted octanol–water partition coefficient (Wildman–Crippen LogP) is 2.44. The fraction of sp³-hybridized carbons (Fsp3) is 0.538. The fourth-order valence-corrected chi connectivity index (χ4v) is 2.53. The molecule has 2 rings (SSSR count). The van der Waals surface area contributed by atoms with Crippen LogP contribution in [0.15, 0.2) is 18.2 Å². The highest BCUT2D eigenvalue weighted by molar-refractivity contribution is 6.31. The summed E-state index contributed by atoms with van der Waals surface area (Å²) in [7, 11) is 0. The van der Waals surface area contributed by atoms with Crippen molar-refractivity contribution >= 4 is 11.6 Å². The molecule has 0 bridgehead atoms. The Morgan fingerprint density at radius 1 is 1.50 bits per heavy atom. The first-order chi connectivity index (χ1) is 7.66. The van der Waals surface area contributed by atoms with Gasteiger partial charge in [-0.15, -0.1) is 0 Å². The molecule has 0 spiro atoms. The molecule has 0 aliphatic carbocycles. The third kappa shape index (κ3) is 2.76. The van der Waals surface area contributed by atoms with Crippen molar-refractivity contribution in [1.82, 2.24) is 10.2 Å². The van der Waals surface area contributed by atoms with Crippen LogP contribution in [0.25, 0.3) is 0 Å². The monoisotopic (exact) mass is 238 g/mol. The van der Waals surface area contributed by atoms with Gasteiger partial charge >= 0.3 is 0 Å². The van der Waals surface area contributed by atoms with Crippen LogP contribution in [-0.2, 0) is 6.54 Å². The Balaban J connectivity index is 2.08. The van der Waals surface area contributed by atoms with Crippen molar-refractivity contribution in [3.63, 3.8) is 0 Å². The predicted molar refractivity (Wildman–Crippen MR) is 68.9 cm³/mol. The molecule has 16 heavy (non-hydrogen) atoms. The van der Waals surface area contributed by atoms with Crippen molar-refractivity contribution in [1.29, 1.82) is 0 Å². The van der Waals surface area contributed by atoms with E-state index < -0.39 is 0 Å². The zero-order valence-electron chi connectivity index (χ0n) is 9.96. The van der Waals surface area contributed by atoms with Gasteiger partial charge in [0, 0.05) is 37.2 Å². The summed E-state index contributed by atoms with van der Waals surface area (Å²) in [6, 6.07) is 6.71. The third-order valence-corrected chi connectivity index (χ3v) is 3.54. The standard InChI is InChI=1S/C13H19ClN2/c1-10-4-3-5-13(14)12(10)9-16-7-6-15-11(2)8-16/h3-5,11,15H,6-9H2,1-2H3. The summed E-state index contributed by atoms with van der Waals surface area (Å²) in [5.74, 6) is 0. The Bertz CT molecular complexity index is 345. The molecule has 0 aromatic heterocycles. The van der Waals surface area contributed by atoms with Crippen LogP contribution in [-0.4, -0.2) is 30.6 Å². The van der Waals surface area contributed by atoms with Crippen LogP contribution in [0, 0.1) is 6.92 Å². The van der Waals surface area contributed by atoms with Gasteiger partial charge in [0.2, 0.25) is 0 Å². The first-order valence-electron chi connectivity index (χ1n) is 5.86. The summed E-state index contributed by atoms with van der Waals surface area (Å²) < 4.78 is 0. The molecular weight excluding hydrogens is 220 g/mol. The maximum absolute atomic E-state index is 6.24. The highest BCUT2D eigenvalue weighted by atomic mass is 35.5. The van der Waals surface area contributed by atoms with Crippen LogP contribution in [0.4, 0.5) is 0 Å². The molecule has 1 aromatic rings. The minimum Gasteiger partial charge on any atom is -0.312 e. The molecule has 0 amide bonds. The second kappa shape index (κ2) is 5.17. The summed E-state index contributed by atoms with van der Waals surface area (Å²) in [4.78, 5) is 2.47. The van der Waals surface area contributed by atoms with Crippen LogP contribution in [0.2, 0.25) is 5.02 Å². The lowest BCUT2D eigenvalue weighted by atomic mass is 10.1. The maximum atomic E-state index is 6.24. The number of aryl methyl sites for hydroxylation is 1. The van der Waals surface area contributed by atoms with E-state index in [1.807, 2.05) is 12.1 Å². The largest absolute Gasteiger partial charge is 0.312 e. The molecule has 1 atom stereocenters. The third-order valence-electron chi connectivity index (χ3n) is 3.19. The lowest BCUT2D eigenvalue weighted by Gasteiger charge is -2.32. The molecule has 1 aliphatic heterocycles. The van der Waals surface area contributed by atoms with Gasteiger partial charge in [0.15, 0.2) is 0 Å².